The van der Waals surface area contributed by atoms with Gasteiger partial charge in [0, 0.05) is 0 Å². The first-order valence-corrected chi connectivity index (χ1v) is 10.0. The average Bonchev–Trinajstić information content (AvgIpc) is 2.67. The quantitative estimate of drug-likeness (QED) is 0.407. The lowest BCUT2D eigenvalue weighted by Gasteiger charge is -2.16. The molecule has 0 N–H and O–H groups in total. The van der Waals surface area contributed by atoms with Crippen LogP contribution in [0.1, 0.15) is 12.0 Å². The Morgan fingerprint density at radius 3 is 1.62 bits per heavy atom. The molecular formula is C23H23P. The smallest absolute Gasteiger partial charge is 0.00642 e. The first-order chi connectivity index (χ1) is 11.9. The first-order valence-electron chi connectivity index (χ1n) is 8.50. The van der Waals surface area contributed by atoms with E-state index >= 15 is 0 Å². The van der Waals surface area contributed by atoms with Gasteiger partial charge in [0.05, 0.1) is 0 Å². The molecule has 1 heteroatoms. The summed E-state index contributed by atoms with van der Waals surface area (Å²) in [5.74, 6) is 0. The van der Waals surface area contributed by atoms with Gasteiger partial charge in [0.25, 0.3) is 0 Å². The van der Waals surface area contributed by atoms with Gasteiger partial charge < -0.3 is 0 Å². The number of hydrogen-bond donors (Lipinski definition) is 0. The highest BCUT2D eigenvalue weighted by Gasteiger charge is 2.11. The molecule has 0 radical (unpaired) electrons. The summed E-state index contributed by atoms with van der Waals surface area (Å²) in [6, 6.07) is 32.5. The molecule has 0 aliphatic rings. The fourth-order valence-electron chi connectivity index (χ4n) is 2.77. The molecule has 0 unspecified atom stereocenters. The van der Waals surface area contributed by atoms with Crippen LogP contribution in [-0.2, 0) is 6.42 Å². The summed E-state index contributed by atoms with van der Waals surface area (Å²) in [5, 5.41) is 2.90. The van der Waals surface area contributed by atoms with E-state index in [1.807, 2.05) is 0 Å². The predicted molar refractivity (Wildman–Crippen MR) is 108 cm³/mol. The molecular weight excluding hydrogens is 307 g/mol. The Labute approximate surface area is 146 Å². The van der Waals surface area contributed by atoms with Crippen molar-refractivity contribution in [3.8, 4) is 0 Å². The molecule has 0 heterocycles. The molecule has 0 nitrogen and oxygen atoms in total. The zero-order valence-electron chi connectivity index (χ0n) is 13.9. The van der Waals surface area contributed by atoms with Gasteiger partial charge in [-0.25, -0.2) is 0 Å². The third kappa shape index (κ3) is 4.91. The maximum Gasteiger partial charge on any atom is -0.00642 e. The summed E-state index contributed by atoms with van der Waals surface area (Å²) in [7, 11) is -0.309. The molecule has 3 aromatic rings. The van der Waals surface area contributed by atoms with Crippen molar-refractivity contribution in [3.63, 3.8) is 0 Å². The molecule has 24 heavy (non-hydrogen) atoms. The second-order valence-electron chi connectivity index (χ2n) is 5.78. The van der Waals surface area contributed by atoms with Crippen molar-refractivity contribution in [2.24, 2.45) is 0 Å². The van der Waals surface area contributed by atoms with Crippen LogP contribution < -0.4 is 10.6 Å². The highest BCUT2D eigenvalue weighted by Crippen LogP contribution is 2.33. The molecule has 0 saturated carbocycles. The Hall–Kier alpha value is -2.17. The van der Waals surface area contributed by atoms with Crippen LogP contribution in [0.2, 0.25) is 0 Å². The van der Waals surface area contributed by atoms with Gasteiger partial charge in [-0.3, -0.25) is 0 Å². The summed E-state index contributed by atoms with van der Waals surface area (Å²) in [4.78, 5) is 0. The monoisotopic (exact) mass is 330 g/mol. The third-order valence-electron chi connectivity index (χ3n) is 4.03. The Morgan fingerprint density at radius 1 is 0.583 bits per heavy atom. The van der Waals surface area contributed by atoms with Gasteiger partial charge in [0.15, 0.2) is 0 Å². The molecule has 0 aliphatic carbocycles. The van der Waals surface area contributed by atoms with E-state index in [4.69, 9.17) is 0 Å². The Kier molecular flexibility index (Phi) is 6.40. The van der Waals surface area contributed by atoms with Gasteiger partial charge in [-0.05, 0) is 43.1 Å². The number of aryl methyl sites for hydroxylation is 1. The van der Waals surface area contributed by atoms with E-state index < -0.39 is 0 Å². The zero-order chi connectivity index (χ0) is 16.5. The summed E-state index contributed by atoms with van der Waals surface area (Å²) >= 11 is 0. The highest BCUT2D eigenvalue weighted by molar-refractivity contribution is 7.73. The fraction of sp³-hybridized carbons (Fsp3) is 0.130. The molecule has 0 fully saturated rings. The normalized spacial score (nSPS) is 11.2. The lowest BCUT2D eigenvalue weighted by molar-refractivity contribution is 1.000. The molecule has 3 rings (SSSR count). The second kappa shape index (κ2) is 9.21. The molecule has 120 valence electrons. The largest absolute Gasteiger partial charge is 0.0878 e. The van der Waals surface area contributed by atoms with Crippen LogP contribution in [0.3, 0.4) is 0 Å². The highest BCUT2D eigenvalue weighted by atomic mass is 31.1. The maximum atomic E-state index is 2.37. The fourth-order valence-corrected chi connectivity index (χ4v) is 4.91. The summed E-state index contributed by atoms with van der Waals surface area (Å²) in [6.07, 6.45) is 8.05. The van der Waals surface area contributed by atoms with E-state index in [9.17, 15) is 0 Å². The van der Waals surface area contributed by atoms with Crippen molar-refractivity contribution in [1.82, 2.24) is 0 Å². The van der Waals surface area contributed by atoms with Crippen LogP contribution >= 0.6 is 7.92 Å². The molecule has 0 aliphatic heterocycles. The van der Waals surface area contributed by atoms with Gasteiger partial charge in [-0.1, -0.05) is 103 Å². The molecule has 0 aromatic heterocycles. The third-order valence-corrected chi connectivity index (χ3v) is 6.45. The van der Waals surface area contributed by atoms with Crippen LogP contribution in [0.15, 0.2) is 103 Å². The Balaban J connectivity index is 1.63. The minimum Gasteiger partial charge on any atom is -0.0878 e. The van der Waals surface area contributed by atoms with Gasteiger partial charge in [0.2, 0.25) is 0 Å². The number of benzene rings is 3. The van der Waals surface area contributed by atoms with Crippen molar-refractivity contribution < 1.29 is 0 Å². The zero-order valence-corrected chi connectivity index (χ0v) is 14.8. The molecule has 0 bridgehead atoms. The molecule has 0 spiro atoms. The lowest BCUT2D eigenvalue weighted by atomic mass is 10.1. The Bertz CT molecular complexity index is 693. The van der Waals surface area contributed by atoms with Crippen molar-refractivity contribution in [2.45, 2.75) is 12.8 Å². The second-order valence-corrected chi connectivity index (χ2v) is 8.03. The van der Waals surface area contributed by atoms with Gasteiger partial charge in [-0.2, -0.15) is 0 Å². The topological polar surface area (TPSA) is 0 Å². The van der Waals surface area contributed by atoms with Crippen molar-refractivity contribution in [3.05, 3.63) is 109 Å². The molecule has 0 atom stereocenters. The SMILES string of the molecule is C(=C\CP(c1ccccc1)c1ccccc1)/CCc1ccccc1. The number of hydrogen-bond acceptors (Lipinski definition) is 0. The standard InChI is InChI=1S/C23H23P/c1-5-13-21(14-6-1)15-7-4-12-20-24(22-16-8-2-9-17-22)23-18-10-3-11-19-23/h1-6,8-14,16-19H,7,15,20H2/b12-4+. The minimum absolute atomic E-state index is 0.309. The molecule has 0 saturated heterocycles. The predicted octanol–water partition coefficient (Wildman–Crippen LogP) is 5.31. The van der Waals surface area contributed by atoms with Crippen LogP contribution in [0, 0.1) is 0 Å². The number of rotatable bonds is 7. The van der Waals surface area contributed by atoms with E-state index in [0.29, 0.717) is 0 Å². The lowest BCUT2D eigenvalue weighted by Crippen LogP contribution is -2.12. The van der Waals surface area contributed by atoms with Crippen LogP contribution in [0.4, 0.5) is 0 Å². The summed E-state index contributed by atoms with van der Waals surface area (Å²) in [6.45, 7) is 0. The van der Waals surface area contributed by atoms with E-state index in [2.05, 4.69) is 103 Å². The molecule has 0 amide bonds. The van der Waals surface area contributed by atoms with Crippen LogP contribution in [0.5, 0.6) is 0 Å². The van der Waals surface area contributed by atoms with Crippen molar-refractivity contribution >= 4 is 18.5 Å². The Morgan fingerprint density at radius 2 is 1.08 bits per heavy atom. The van der Waals surface area contributed by atoms with Crippen molar-refractivity contribution in [1.29, 1.82) is 0 Å². The van der Waals surface area contributed by atoms with Crippen LogP contribution in [-0.4, -0.2) is 6.16 Å². The first kappa shape index (κ1) is 16.7. The maximum absolute atomic E-state index is 2.37. The van der Waals surface area contributed by atoms with E-state index in [-0.39, 0.29) is 7.92 Å². The van der Waals surface area contributed by atoms with E-state index in [1.165, 1.54) is 16.2 Å². The number of allylic oxidation sites excluding steroid dienone is 2. The average molecular weight is 330 g/mol. The van der Waals surface area contributed by atoms with Crippen LogP contribution in [0.25, 0.3) is 0 Å². The van der Waals surface area contributed by atoms with E-state index in [1.54, 1.807) is 0 Å². The van der Waals surface area contributed by atoms with Crippen molar-refractivity contribution in [2.75, 3.05) is 6.16 Å². The van der Waals surface area contributed by atoms with Gasteiger partial charge in [-0.15, -0.1) is 0 Å². The minimum atomic E-state index is -0.309. The summed E-state index contributed by atoms with van der Waals surface area (Å²) in [5.41, 5.74) is 1.41. The molecule has 3 aromatic carbocycles. The summed E-state index contributed by atoms with van der Waals surface area (Å²) < 4.78 is 0. The van der Waals surface area contributed by atoms with Gasteiger partial charge >= 0.3 is 0 Å². The van der Waals surface area contributed by atoms with E-state index in [0.717, 1.165) is 19.0 Å². The van der Waals surface area contributed by atoms with Gasteiger partial charge in [0.1, 0.15) is 0 Å².